The zero-order valence-electron chi connectivity index (χ0n) is 33.6. The van der Waals surface area contributed by atoms with Crippen LogP contribution in [-0.4, -0.2) is 213 Å². The van der Waals surface area contributed by atoms with Crippen molar-refractivity contribution < 1.29 is 119 Å². The monoisotopic (exact) mass is 918 g/mol. The van der Waals surface area contributed by atoms with Crippen LogP contribution < -0.4 is 14.9 Å². The van der Waals surface area contributed by atoms with E-state index in [-0.39, 0.29) is 11.3 Å². The second-order valence-corrected chi connectivity index (χ2v) is 15.9. The molecule has 0 unspecified atom stereocenters. The number of aliphatic hydroxyl groups is 12. The first-order valence-electron chi connectivity index (χ1n) is 19.9. The lowest BCUT2D eigenvalue weighted by Crippen LogP contribution is -2.65. The van der Waals surface area contributed by atoms with E-state index in [2.05, 4.69) is 0 Å². The van der Waals surface area contributed by atoms with Crippen molar-refractivity contribution in [3.63, 3.8) is 0 Å². The summed E-state index contributed by atoms with van der Waals surface area (Å²) in [5.41, 5.74) is -1.83. The summed E-state index contributed by atoms with van der Waals surface area (Å²) in [6.07, 6.45) is -34.9. The average molecular weight is 919 g/mol. The lowest BCUT2D eigenvalue weighted by Gasteiger charge is -2.46. The van der Waals surface area contributed by atoms with Crippen LogP contribution in [0.25, 0.3) is 22.3 Å². The van der Waals surface area contributed by atoms with Gasteiger partial charge in [0, 0.05) is 17.7 Å². The lowest BCUT2D eigenvalue weighted by molar-refractivity contribution is -0.362. The minimum atomic E-state index is -2.16. The van der Waals surface area contributed by atoms with E-state index in [1.807, 2.05) is 0 Å². The minimum absolute atomic E-state index is 0.187. The molecule has 356 valence electrons. The first kappa shape index (κ1) is 47.9. The van der Waals surface area contributed by atoms with E-state index in [0.717, 1.165) is 30.3 Å². The number of ether oxygens (including phenoxy) is 8. The third kappa shape index (κ3) is 9.06. The quantitative estimate of drug-likeness (QED) is 0.0798. The molecule has 0 bridgehead atoms. The van der Waals surface area contributed by atoms with Crippen molar-refractivity contribution in [2.45, 2.75) is 137 Å². The van der Waals surface area contributed by atoms with Gasteiger partial charge in [-0.15, -0.1) is 0 Å². The maximum absolute atomic E-state index is 14.5. The number of aliphatic hydroxyl groups excluding tert-OH is 12. The van der Waals surface area contributed by atoms with Crippen LogP contribution in [0.5, 0.6) is 28.7 Å². The molecular weight excluding hydrogens is 868 g/mol. The first-order chi connectivity index (χ1) is 30.2. The van der Waals surface area contributed by atoms with Gasteiger partial charge in [0.2, 0.25) is 23.8 Å². The summed E-state index contributed by atoms with van der Waals surface area (Å²) in [4.78, 5) is 14.5. The maximum atomic E-state index is 14.5. The highest BCUT2D eigenvalue weighted by atomic mass is 16.8. The van der Waals surface area contributed by atoms with Crippen LogP contribution in [0.3, 0.4) is 0 Å². The summed E-state index contributed by atoms with van der Waals surface area (Å²) < 4.78 is 51.5. The minimum Gasteiger partial charge on any atom is -0.507 e. The smallest absolute Gasteiger partial charge is 0.239 e. The van der Waals surface area contributed by atoms with E-state index >= 15 is 0 Å². The van der Waals surface area contributed by atoms with Crippen molar-refractivity contribution in [3.05, 3.63) is 40.6 Å². The fraction of sp³-hybridized carbons (Fsp3) is 0.615. The van der Waals surface area contributed by atoms with Gasteiger partial charge in [0.05, 0.1) is 25.4 Å². The van der Waals surface area contributed by atoms with Gasteiger partial charge in [-0.05, 0) is 32.0 Å². The van der Waals surface area contributed by atoms with E-state index in [1.54, 1.807) is 0 Å². The van der Waals surface area contributed by atoms with Crippen molar-refractivity contribution in [3.8, 4) is 40.1 Å². The number of fused-ring (bicyclic) bond motifs is 1. The molecule has 1 aromatic heterocycles. The van der Waals surface area contributed by atoms with Gasteiger partial charge in [-0.1, -0.05) is 0 Å². The molecule has 25 nitrogen and oxygen atoms in total. The van der Waals surface area contributed by atoms with Crippen LogP contribution in [0.15, 0.2) is 39.5 Å². The molecule has 0 radical (unpaired) electrons. The molecule has 0 amide bonds. The number of phenolic OH excluding ortho intramolecular Hbond substituents is 3. The van der Waals surface area contributed by atoms with Gasteiger partial charge in [-0.25, -0.2) is 0 Å². The Labute approximate surface area is 360 Å². The highest BCUT2D eigenvalue weighted by molar-refractivity contribution is 5.88. The Balaban J connectivity index is 1.28. The van der Waals surface area contributed by atoms with E-state index in [9.17, 15) is 81.4 Å². The third-order valence-electron chi connectivity index (χ3n) is 11.5. The van der Waals surface area contributed by atoms with Gasteiger partial charge in [-0.3, -0.25) is 4.79 Å². The summed E-state index contributed by atoms with van der Waals surface area (Å²) in [7, 11) is 0. The predicted molar refractivity (Wildman–Crippen MR) is 204 cm³/mol. The first-order valence-corrected chi connectivity index (χ1v) is 19.9. The lowest BCUT2D eigenvalue weighted by atomic mass is 9.97. The molecule has 64 heavy (non-hydrogen) atoms. The van der Waals surface area contributed by atoms with Crippen LogP contribution in [0, 0.1) is 0 Å². The molecule has 4 saturated heterocycles. The second kappa shape index (κ2) is 19.0. The van der Waals surface area contributed by atoms with E-state index in [4.69, 9.17) is 42.3 Å². The number of aromatic hydroxyl groups is 3. The molecule has 7 rings (SSSR count). The Morgan fingerprint density at radius 1 is 0.562 bits per heavy atom. The summed E-state index contributed by atoms with van der Waals surface area (Å²) in [5.74, 6) is -3.91. The van der Waals surface area contributed by atoms with E-state index in [1.165, 1.54) is 13.8 Å². The molecule has 4 aliphatic heterocycles. The average Bonchev–Trinajstić information content (AvgIpc) is 3.26. The summed E-state index contributed by atoms with van der Waals surface area (Å²) >= 11 is 0. The van der Waals surface area contributed by atoms with Crippen molar-refractivity contribution in [1.82, 2.24) is 0 Å². The summed E-state index contributed by atoms with van der Waals surface area (Å²) in [6.45, 7) is 1.10. The number of rotatable bonds is 11. The molecule has 5 heterocycles. The van der Waals surface area contributed by atoms with Crippen LogP contribution in [0.4, 0.5) is 0 Å². The molecule has 4 fully saturated rings. The van der Waals surface area contributed by atoms with Crippen LogP contribution in [-0.2, 0) is 28.4 Å². The van der Waals surface area contributed by atoms with Crippen molar-refractivity contribution in [2.24, 2.45) is 0 Å². The molecule has 25 heteroatoms. The van der Waals surface area contributed by atoms with Crippen molar-refractivity contribution >= 4 is 11.0 Å². The van der Waals surface area contributed by atoms with Crippen LogP contribution in [0.2, 0.25) is 0 Å². The number of hydrogen-bond acceptors (Lipinski definition) is 25. The number of benzene rings is 2. The summed E-state index contributed by atoms with van der Waals surface area (Å²) in [6, 6.07) is 5.07. The van der Waals surface area contributed by atoms with Gasteiger partial charge >= 0.3 is 0 Å². The topological polar surface area (TPSA) is 408 Å². The van der Waals surface area contributed by atoms with Crippen LogP contribution >= 0.6 is 0 Å². The number of hydrogen-bond donors (Lipinski definition) is 15. The Morgan fingerprint density at radius 2 is 1.14 bits per heavy atom. The highest BCUT2D eigenvalue weighted by Gasteiger charge is 2.53. The summed E-state index contributed by atoms with van der Waals surface area (Å²) in [5, 5.41) is 157. The van der Waals surface area contributed by atoms with Gasteiger partial charge < -0.3 is 119 Å². The maximum Gasteiger partial charge on any atom is 0.239 e. The normalized spacial score (nSPS) is 40.6. The standard InChI is InChI=1S/C39H50O25/c1-10-21(44)26(49)30(53)36(57-10)56-9-19-24(47)29(52)35(64-38-32(55)28(51)23(46)18(8-40)61-38)39(62-19)63-34-25(48)20-16(43)6-13(59-37-31(54)27(50)22(45)11(2)58-37)7-17(20)60-33(34)12-3-4-14(41)15(42)5-12/h3-7,10-11,18-19,21-24,26-32,35-47,49-55H,8-9H2,1-2H3/t10-,11-,18-,19-,21-,22-,23-,24-,26+,27+,28+,29+,30+,31+,32-,35-,36-,37-,38+,39+/m1/s1. The predicted octanol–water partition coefficient (Wildman–Crippen LogP) is -5.36. The molecule has 0 saturated carbocycles. The number of phenols is 3. The highest BCUT2D eigenvalue weighted by Crippen LogP contribution is 2.41. The zero-order valence-corrected chi connectivity index (χ0v) is 33.6. The Bertz CT molecular complexity index is 2150. The molecule has 3 aromatic rings. The van der Waals surface area contributed by atoms with Gasteiger partial charge in [0.25, 0.3) is 0 Å². The fourth-order valence-corrected chi connectivity index (χ4v) is 7.61. The van der Waals surface area contributed by atoms with E-state index in [0.29, 0.717) is 0 Å². The molecule has 2 aromatic carbocycles. The van der Waals surface area contributed by atoms with Gasteiger partial charge in [0.15, 0.2) is 35.9 Å². The molecule has 15 N–H and O–H groups in total. The third-order valence-corrected chi connectivity index (χ3v) is 11.5. The Morgan fingerprint density at radius 3 is 1.78 bits per heavy atom. The molecule has 20 atom stereocenters. The van der Waals surface area contributed by atoms with E-state index < -0.39 is 181 Å². The SMILES string of the molecule is C[C@H]1O[C@@H](OC[C@H]2O[C@@H](Oc3c(-c4ccc(O)c(O)c4)oc4cc(O[C@H]5O[C@H](C)[C@@H](O)[C@H](O)[C@@H]5O)cc(O)c4c3=O)[C@H](O[C@@H]3O[C@H](CO)[C@@H](O)[C@H](O)[C@H]3O)[C@@H](O)[C@@H]2O)[C@@H](O)[C@@H](O)[C@@H]1O. The largest absolute Gasteiger partial charge is 0.507 e. The fourth-order valence-electron chi connectivity index (χ4n) is 7.61. The van der Waals surface area contributed by atoms with Gasteiger partial charge in [0.1, 0.15) is 102 Å². The zero-order chi connectivity index (χ0) is 46.6. The molecule has 4 aliphatic rings. The van der Waals surface area contributed by atoms with Crippen LogP contribution in [0.1, 0.15) is 13.8 Å². The Hall–Kier alpha value is -4.07. The van der Waals surface area contributed by atoms with Crippen molar-refractivity contribution in [1.29, 1.82) is 0 Å². The Kier molecular flexibility index (Phi) is 14.2. The molecule has 0 aliphatic carbocycles. The molecular formula is C39H50O25. The van der Waals surface area contributed by atoms with Gasteiger partial charge in [-0.2, -0.15) is 0 Å². The second-order valence-electron chi connectivity index (χ2n) is 15.9. The molecule has 0 spiro atoms. The van der Waals surface area contributed by atoms with Crippen molar-refractivity contribution in [2.75, 3.05) is 13.2 Å².